The SMILES string of the molecule is CC/C=C\C/C=C\C/C=C\C/C=C\C/C=C\C/C=C\CCCCCCCCC(=O)OCC(COC(=O)CCCCCCC/C=C\CCCCCCCCC)OC(=O)CCCCCCC/C=C\C/C=C\C/C=C\C/C=C\C/C=C\CC. The third-order valence-electron chi connectivity index (χ3n) is 13.6. The van der Waals surface area contributed by atoms with Crippen molar-refractivity contribution in [1.29, 1.82) is 0 Å². The number of allylic oxidation sites excluding steroid dienone is 24. The van der Waals surface area contributed by atoms with Crippen molar-refractivity contribution >= 4 is 17.9 Å². The summed E-state index contributed by atoms with van der Waals surface area (Å²) in [7, 11) is 0. The smallest absolute Gasteiger partial charge is 0.306 e. The summed E-state index contributed by atoms with van der Waals surface area (Å²) in [4.78, 5) is 38.4. The Morgan fingerprint density at radius 3 is 0.775 bits per heavy atom. The van der Waals surface area contributed by atoms with Gasteiger partial charge in [0.05, 0.1) is 0 Å². The van der Waals surface area contributed by atoms with Crippen molar-refractivity contribution in [2.75, 3.05) is 13.2 Å². The molecule has 0 saturated heterocycles. The fourth-order valence-corrected chi connectivity index (χ4v) is 8.70. The number of carbonyl (C=O) groups excluding carboxylic acids is 3. The Balaban J connectivity index is 4.48. The van der Waals surface area contributed by atoms with E-state index in [0.29, 0.717) is 19.3 Å². The van der Waals surface area contributed by atoms with Crippen molar-refractivity contribution < 1.29 is 28.6 Å². The zero-order valence-electron chi connectivity index (χ0n) is 51.8. The molecule has 0 N–H and O–H groups in total. The maximum atomic E-state index is 12.9. The predicted octanol–water partition coefficient (Wildman–Crippen LogP) is 22.7. The highest BCUT2D eigenvalue weighted by molar-refractivity contribution is 5.71. The Bertz CT molecular complexity index is 1750. The lowest BCUT2D eigenvalue weighted by atomic mass is 10.1. The summed E-state index contributed by atoms with van der Waals surface area (Å²) in [6, 6.07) is 0. The van der Waals surface area contributed by atoms with Crippen molar-refractivity contribution in [3.8, 4) is 0 Å². The van der Waals surface area contributed by atoms with Gasteiger partial charge in [-0.2, -0.15) is 0 Å². The van der Waals surface area contributed by atoms with E-state index >= 15 is 0 Å². The molecule has 0 fully saturated rings. The van der Waals surface area contributed by atoms with E-state index in [9.17, 15) is 14.4 Å². The average Bonchev–Trinajstić information content (AvgIpc) is 3.46. The zero-order valence-corrected chi connectivity index (χ0v) is 51.8. The number of hydrogen-bond acceptors (Lipinski definition) is 6. The van der Waals surface area contributed by atoms with Gasteiger partial charge in [0, 0.05) is 19.3 Å². The van der Waals surface area contributed by atoms with E-state index in [1.165, 1.54) is 70.6 Å². The second-order valence-corrected chi connectivity index (χ2v) is 21.3. The van der Waals surface area contributed by atoms with E-state index in [1.54, 1.807) is 0 Å². The molecule has 0 saturated carbocycles. The molecule has 0 spiro atoms. The number of carbonyl (C=O) groups is 3. The van der Waals surface area contributed by atoms with Gasteiger partial charge in [0.2, 0.25) is 0 Å². The second-order valence-electron chi connectivity index (χ2n) is 21.3. The molecule has 0 aromatic carbocycles. The van der Waals surface area contributed by atoms with E-state index in [2.05, 4.69) is 167 Å². The van der Waals surface area contributed by atoms with Crippen LogP contribution >= 0.6 is 0 Å². The monoisotopic (exact) mass is 1100 g/mol. The third-order valence-corrected chi connectivity index (χ3v) is 13.6. The van der Waals surface area contributed by atoms with Gasteiger partial charge in [0.15, 0.2) is 6.10 Å². The van der Waals surface area contributed by atoms with E-state index in [4.69, 9.17) is 14.2 Å². The lowest BCUT2D eigenvalue weighted by molar-refractivity contribution is -0.167. The lowest BCUT2D eigenvalue weighted by Gasteiger charge is -2.18. The highest BCUT2D eigenvalue weighted by atomic mass is 16.6. The number of esters is 3. The maximum Gasteiger partial charge on any atom is 0.306 e. The molecule has 0 radical (unpaired) electrons. The topological polar surface area (TPSA) is 78.9 Å². The van der Waals surface area contributed by atoms with Crippen LogP contribution in [0.5, 0.6) is 0 Å². The largest absolute Gasteiger partial charge is 0.462 e. The summed E-state index contributed by atoms with van der Waals surface area (Å²) >= 11 is 0. The van der Waals surface area contributed by atoms with Gasteiger partial charge < -0.3 is 14.2 Å². The molecule has 452 valence electrons. The fraction of sp³-hybridized carbons (Fsp3) is 0.635. The first-order chi connectivity index (χ1) is 39.5. The van der Waals surface area contributed by atoms with Crippen LogP contribution in [0.4, 0.5) is 0 Å². The Kier molecular flexibility index (Phi) is 62.9. The summed E-state index contributed by atoms with van der Waals surface area (Å²) < 4.78 is 16.9. The van der Waals surface area contributed by atoms with Crippen molar-refractivity contribution in [2.24, 2.45) is 0 Å². The number of ether oxygens (including phenoxy) is 3. The minimum absolute atomic E-state index is 0.0998. The van der Waals surface area contributed by atoms with E-state index in [-0.39, 0.29) is 31.1 Å². The van der Waals surface area contributed by atoms with E-state index in [0.717, 1.165) is 173 Å². The summed E-state index contributed by atoms with van der Waals surface area (Å²) in [6.07, 6.45) is 95.6. The first kappa shape index (κ1) is 75.3. The molecular weight excluding hydrogens is 985 g/mol. The molecule has 0 aliphatic rings. The third kappa shape index (κ3) is 64.1. The van der Waals surface area contributed by atoms with Gasteiger partial charge in [-0.3, -0.25) is 14.4 Å². The van der Waals surface area contributed by atoms with Crippen LogP contribution in [0.25, 0.3) is 0 Å². The predicted molar refractivity (Wildman–Crippen MR) is 348 cm³/mol. The molecule has 1 unspecified atom stereocenters. The van der Waals surface area contributed by atoms with Gasteiger partial charge >= 0.3 is 17.9 Å². The van der Waals surface area contributed by atoms with Gasteiger partial charge in [-0.15, -0.1) is 0 Å². The summed E-state index contributed by atoms with van der Waals surface area (Å²) in [5.74, 6) is -0.940. The number of rotatable bonds is 58. The highest BCUT2D eigenvalue weighted by Crippen LogP contribution is 2.14. The number of hydrogen-bond donors (Lipinski definition) is 0. The molecule has 0 amide bonds. The maximum absolute atomic E-state index is 12.9. The minimum atomic E-state index is -0.807. The molecular formula is C74H120O6. The summed E-state index contributed by atoms with van der Waals surface area (Å²) in [6.45, 7) is 6.38. The number of unbranched alkanes of at least 4 members (excludes halogenated alkanes) is 23. The van der Waals surface area contributed by atoms with Crippen molar-refractivity contribution in [3.63, 3.8) is 0 Å². The quantitative estimate of drug-likeness (QED) is 0.0261. The van der Waals surface area contributed by atoms with Gasteiger partial charge in [-0.25, -0.2) is 0 Å². The van der Waals surface area contributed by atoms with E-state index in [1.807, 2.05) is 0 Å². The molecule has 0 bridgehead atoms. The lowest BCUT2D eigenvalue weighted by Crippen LogP contribution is -2.30. The average molecular weight is 1110 g/mol. The molecule has 0 heterocycles. The van der Waals surface area contributed by atoms with Crippen molar-refractivity contribution in [2.45, 2.75) is 290 Å². The molecule has 0 aliphatic heterocycles. The molecule has 0 aromatic heterocycles. The van der Waals surface area contributed by atoms with Crippen LogP contribution in [0.3, 0.4) is 0 Å². The van der Waals surface area contributed by atoms with Gasteiger partial charge in [0.25, 0.3) is 0 Å². The van der Waals surface area contributed by atoms with Crippen LogP contribution in [0.15, 0.2) is 146 Å². The van der Waals surface area contributed by atoms with Crippen LogP contribution in [0.2, 0.25) is 0 Å². The summed E-state index contributed by atoms with van der Waals surface area (Å²) in [5.41, 5.74) is 0. The molecule has 6 heteroatoms. The van der Waals surface area contributed by atoms with Crippen molar-refractivity contribution in [3.05, 3.63) is 146 Å². The van der Waals surface area contributed by atoms with Crippen LogP contribution in [-0.4, -0.2) is 37.2 Å². The summed E-state index contributed by atoms with van der Waals surface area (Å²) in [5, 5.41) is 0. The molecule has 1 atom stereocenters. The molecule has 80 heavy (non-hydrogen) atoms. The minimum Gasteiger partial charge on any atom is -0.462 e. The Labute approximate surface area is 493 Å². The Morgan fingerprint density at radius 1 is 0.263 bits per heavy atom. The Morgan fingerprint density at radius 2 is 0.487 bits per heavy atom. The zero-order chi connectivity index (χ0) is 57.8. The van der Waals surface area contributed by atoms with Crippen LogP contribution in [0, 0.1) is 0 Å². The molecule has 0 aromatic rings. The van der Waals surface area contributed by atoms with Gasteiger partial charge in [-0.05, 0) is 141 Å². The van der Waals surface area contributed by atoms with Gasteiger partial charge in [0.1, 0.15) is 13.2 Å². The van der Waals surface area contributed by atoms with Crippen LogP contribution < -0.4 is 0 Å². The van der Waals surface area contributed by atoms with Crippen LogP contribution in [0.1, 0.15) is 284 Å². The van der Waals surface area contributed by atoms with Crippen molar-refractivity contribution in [1.82, 2.24) is 0 Å². The first-order valence-corrected chi connectivity index (χ1v) is 32.8. The standard InChI is InChI=1S/C74H120O6/c1-4-7-10-13-16-19-22-25-28-31-33-35-36-37-38-40-41-43-46-49-52-55-58-61-64-67-73(76)79-70-71(69-78-72(75)66-63-60-57-54-51-48-45-30-27-24-21-18-15-12-9-6-3)80-74(77)68-65-62-59-56-53-50-47-44-42-39-34-32-29-26-23-20-17-14-11-8-5-2/h7-8,10-11,16-17,19-20,25-26,28-30,33-35,37-39,41,43-45,47,71H,4-6,9,12-15,18,21-24,27,31-32,36,40,42,46,48-70H2,1-3H3/b10-7-,11-8-,19-16-,20-17-,28-25-,29-26-,35-33-,38-37-,39-34-,43-41-,45-30-,47-44-. The highest BCUT2D eigenvalue weighted by Gasteiger charge is 2.19. The normalized spacial score (nSPS) is 13.1. The van der Waals surface area contributed by atoms with Crippen LogP contribution in [-0.2, 0) is 28.6 Å². The van der Waals surface area contributed by atoms with E-state index < -0.39 is 6.10 Å². The van der Waals surface area contributed by atoms with Gasteiger partial charge in [-0.1, -0.05) is 269 Å². The molecule has 0 rings (SSSR count). The fourth-order valence-electron chi connectivity index (χ4n) is 8.70. The molecule has 0 aliphatic carbocycles. The molecule has 6 nitrogen and oxygen atoms in total. The first-order valence-electron chi connectivity index (χ1n) is 32.8. The Hall–Kier alpha value is -4.71. The second kappa shape index (κ2) is 66.8.